The summed E-state index contributed by atoms with van der Waals surface area (Å²) in [6.45, 7) is 2.18. The highest BCUT2D eigenvalue weighted by Gasteiger charge is 2.40. The highest BCUT2D eigenvalue weighted by molar-refractivity contribution is 7.90. The molecule has 5 rings (SSSR count). The molecule has 2 aliphatic heterocycles. The summed E-state index contributed by atoms with van der Waals surface area (Å²) in [5.41, 5.74) is 2.42. The number of benzene rings is 2. The predicted octanol–water partition coefficient (Wildman–Crippen LogP) is 2.75. The molecular weight excluding hydrogens is 494 g/mol. The number of carbonyl (C=O) groups excluding carboxylic acids is 2. The Hall–Kier alpha value is -3.18. The van der Waals surface area contributed by atoms with Crippen molar-refractivity contribution in [3.05, 3.63) is 52.5 Å². The van der Waals surface area contributed by atoms with Gasteiger partial charge in [0.1, 0.15) is 17.6 Å². The van der Waals surface area contributed by atoms with E-state index in [4.69, 9.17) is 16.3 Å². The third kappa shape index (κ3) is 4.96. The van der Waals surface area contributed by atoms with E-state index in [-0.39, 0.29) is 28.4 Å². The minimum absolute atomic E-state index is 0.0546. The van der Waals surface area contributed by atoms with Crippen molar-refractivity contribution in [1.29, 1.82) is 0 Å². The highest BCUT2D eigenvalue weighted by Crippen LogP contribution is 2.32. The van der Waals surface area contributed by atoms with E-state index < -0.39 is 15.9 Å². The van der Waals surface area contributed by atoms with Crippen LogP contribution in [-0.4, -0.2) is 78.1 Å². The zero-order valence-electron chi connectivity index (χ0n) is 19.0. The molecule has 2 aromatic carbocycles. The lowest BCUT2D eigenvalue weighted by Crippen LogP contribution is -2.43. The summed E-state index contributed by atoms with van der Waals surface area (Å²) in [6.07, 6.45) is 1.41. The lowest BCUT2D eigenvalue weighted by molar-refractivity contribution is 0.0728. The minimum atomic E-state index is -3.43. The Balaban J connectivity index is 1.19. The highest BCUT2D eigenvalue weighted by atomic mass is 35.5. The Kier molecular flexibility index (Phi) is 6.14. The van der Waals surface area contributed by atoms with Crippen LogP contribution in [0.5, 0.6) is 0 Å². The largest absolute Gasteiger partial charge is 0.445 e. The molecule has 2 amide bonds. The number of carbonyl (C=O) groups is 2. The number of rotatable bonds is 4. The van der Waals surface area contributed by atoms with Crippen LogP contribution in [0.1, 0.15) is 22.3 Å². The molecule has 2 atom stereocenters. The Labute approximate surface area is 207 Å². The van der Waals surface area contributed by atoms with Gasteiger partial charge in [-0.3, -0.25) is 4.79 Å². The number of nitrogens with one attached hydrogen (secondary N) is 1. The first-order valence-electron chi connectivity index (χ1n) is 11.2. The fourth-order valence-electron chi connectivity index (χ4n) is 4.81. The van der Waals surface area contributed by atoms with E-state index in [1.807, 2.05) is 4.90 Å². The van der Waals surface area contributed by atoms with E-state index in [1.165, 1.54) is 12.1 Å². The van der Waals surface area contributed by atoms with Crippen molar-refractivity contribution in [3.8, 4) is 0 Å². The van der Waals surface area contributed by atoms with Gasteiger partial charge in [-0.1, -0.05) is 11.6 Å². The number of sulfone groups is 1. The maximum Gasteiger partial charge on any atom is 0.410 e. The number of ether oxygens (including phenoxy) is 1. The first kappa shape index (κ1) is 23.6. The van der Waals surface area contributed by atoms with Gasteiger partial charge in [0.2, 0.25) is 0 Å². The summed E-state index contributed by atoms with van der Waals surface area (Å²) in [5.74, 6) is 0.434. The summed E-state index contributed by atoms with van der Waals surface area (Å²) in [6, 6.07) is 9.65. The lowest BCUT2D eigenvalue weighted by Gasteiger charge is -2.33. The molecule has 12 heteroatoms. The number of hydrogen-bond donors (Lipinski definition) is 1. The van der Waals surface area contributed by atoms with Crippen LogP contribution in [0.2, 0.25) is 5.02 Å². The third-order valence-electron chi connectivity index (χ3n) is 6.63. The normalized spacial score (nSPS) is 20.2. The van der Waals surface area contributed by atoms with Crippen molar-refractivity contribution < 1.29 is 22.7 Å². The predicted molar refractivity (Wildman–Crippen MR) is 128 cm³/mol. The second-order valence-corrected chi connectivity index (χ2v) is 11.6. The zero-order chi connectivity index (χ0) is 24.7. The molecule has 1 aromatic heterocycles. The first-order valence-corrected chi connectivity index (χ1v) is 13.5. The number of aromatic amines is 1. The Morgan fingerprint density at radius 1 is 1.06 bits per heavy atom. The van der Waals surface area contributed by atoms with Gasteiger partial charge in [-0.2, -0.15) is 15.4 Å². The Bertz CT molecular complexity index is 1410. The Morgan fingerprint density at radius 3 is 2.60 bits per heavy atom. The maximum absolute atomic E-state index is 13.1. The topological polar surface area (TPSA) is 126 Å². The number of amides is 2. The van der Waals surface area contributed by atoms with Gasteiger partial charge in [0.25, 0.3) is 5.91 Å². The summed E-state index contributed by atoms with van der Waals surface area (Å²) in [5, 5.41) is 10.9. The fraction of sp³-hybridized carbons (Fsp3) is 0.391. The van der Waals surface area contributed by atoms with Crippen LogP contribution in [0.25, 0.3) is 11.0 Å². The van der Waals surface area contributed by atoms with Gasteiger partial charge in [0.05, 0.1) is 4.90 Å². The molecule has 1 N–H and O–H groups in total. The molecule has 2 saturated heterocycles. The molecule has 35 heavy (non-hydrogen) atoms. The van der Waals surface area contributed by atoms with Gasteiger partial charge in [0.15, 0.2) is 9.84 Å². The van der Waals surface area contributed by atoms with Gasteiger partial charge < -0.3 is 14.5 Å². The summed E-state index contributed by atoms with van der Waals surface area (Å²) < 4.78 is 29.1. The summed E-state index contributed by atoms with van der Waals surface area (Å²) in [4.78, 5) is 29.4. The fourth-order valence-corrected chi connectivity index (χ4v) is 5.84. The van der Waals surface area contributed by atoms with E-state index in [0.29, 0.717) is 54.3 Å². The monoisotopic (exact) mass is 517 g/mol. The molecule has 10 nitrogen and oxygen atoms in total. The quantitative estimate of drug-likeness (QED) is 0.564. The third-order valence-corrected chi connectivity index (χ3v) is 7.94. The second kappa shape index (κ2) is 9.12. The molecule has 184 valence electrons. The van der Waals surface area contributed by atoms with Crippen LogP contribution >= 0.6 is 11.6 Å². The maximum atomic E-state index is 13.1. The molecule has 2 fully saturated rings. The summed E-state index contributed by atoms with van der Waals surface area (Å²) >= 11 is 6.03. The molecule has 3 aromatic rings. The number of piperidine rings is 1. The summed E-state index contributed by atoms with van der Waals surface area (Å²) in [7, 11) is -3.43. The molecule has 0 unspecified atom stereocenters. The van der Waals surface area contributed by atoms with Crippen LogP contribution < -0.4 is 0 Å². The number of halogens is 1. The van der Waals surface area contributed by atoms with E-state index in [2.05, 4.69) is 15.4 Å². The van der Waals surface area contributed by atoms with Crippen molar-refractivity contribution in [3.63, 3.8) is 0 Å². The van der Waals surface area contributed by atoms with E-state index in [9.17, 15) is 18.0 Å². The van der Waals surface area contributed by atoms with E-state index >= 15 is 0 Å². The number of hydrogen-bond acceptors (Lipinski definition) is 7. The van der Waals surface area contributed by atoms with E-state index in [1.54, 1.807) is 29.2 Å². The van der Waals surface area contributed by atoms with Crippen LogP contribution in [-0.2, 0) is 21.2 Å². The molecule has 2 aliphatic rings. The van der Waals surface area contributed by atoms with Gasteiger partial charge in [0, 0.05) is 43.0 Å². The van der Waals surface area contributed by atoms with Crippen LogP contribution in [0.3, 0.4) is 0 Å². The van der Waals surface area contributed by atoms with Crippen molar-refractivity contribution in [1.82, 2.24) is 25.2 Å². The number of H-pyrrole nitrogens is 1. The van der Waals surface area contributed by atoms with Gasteiger partial charge >= 0.3 is 6.09 Å². The average molecular weight is 518 g/mol. The van der Waals surface area contributed by atoms with Gasteiger partial charge in [-0.25, -0.2) is 13.2 Å². The number of nitrogens with zero attached hydrogens (tertiary/aromatic N) is 4. The SMILES string of the molecule is CS(=O)(=O)c1cc(Cl)cc(COC(=O)N2CC[C@H]3CN(C(=O)c4ccc5n[nH]nc5c4)C[C@@H]3C2)c1. The molecule has 3 heterocycles. The second-order valence-electron chi connectivity index (χ2n) is 9.11. The minimum Gasteiger partial charge on any atom is -0.445 e. The van der Waals surface area contributed by atoms with Crippen LogP contribution in [0.15, 0.2) is 41.3 Å². The van der Waals surface area contributed by atoms with Gasteiger partial charge in [-0.05, 0) is 60.2 Å². The van der Waals surface area contributed by atoms with Crippen molar-refractivity contribution in [2.24, 2.45) is 11.8 Å². The van der Waals surface area contributed by atoms with Crippen LogP contribution in [0.4, 0.5) is 4.79 Å². The molecule has 0 spiro atoms. The van der Waals surface area contributed by atoms with Gasteiger partial charge in [-0.15, -0.1) is 0 Å². The number of aromatic nitrogens is 3. The molecular formula is C23H24ClN5O5S. The lowest BCUT2D eigenvalue weighted by atomic mass is 9.89. The molecule has 0 aliphatic carbocycles. The zero-order valence-corrected chi connectivity index (χ0v) is 20.6. The van der Waals surface area contributed by atoms with E-state index in [0.717, 1.165) is 12.7 Å². The number of likely N-dealkylation sites (tertiary alicyclic amines) is 2. The van der Waals surface area contributed by atoms with Crippen molar-refractivity contribution >= 4 is 44.5 Å². The van der Waals surface area contributed by atoms with Crippen molar-refractivity contribution in [2.75, 3.05) is 32.4 Å². The Morgan fingerprint density at radius 2 is 1.80 bits per heavy atom. The van der Waals surface area contributed by atoms with Crippen molar-refractivity contribution in [2.45, 2.75) is 17.9 Å². The number of fused-ring (bicyclic) bond motifs is 2. The molecule has 0 radical (unpaired) electrons. The standard InChI is InChI=1S/C23H24ClN5O5S/c1-35(32,33)19-7-14(6-18(24)9-19)13-34-23(31)28-5-4-16-10-29(12-17(16)11-28)22(30)15-2-3-20-21(8-15)26-27-25-20/h2-3,6-9,16-17H,4-5,10-13H2,1H3,(H,25,26,27)/t16-,17-/m0/s1. The molecule has 0 saturated carbocycles. The molecule has 0 bridgehead atoms. The van der Waals surface area contributed by atoms with Crippen LogP contribution in [0, 0.1) is 11.8 Å². The smallest absolute Gasteiger partial charge is 0.410 e. The first-order chi connectivity index (χ1) is 16.7. The average Bonchev–Trinajstić information content (AvgIpc) is 3.47.